The van der Waals surface area contributed by atoms with Crippen LogP contribution in [0, 0.1) is 6.92 Å². The Morgan fingerprint density at radius 3 is 2.69 bits per heavy atom. The highest BCUT2D eigenvalue weighted by Gasteiger charge is 2.09. The highest BCUT2D eigenvalue weighted by atomic mass is 15.3. The van der Waals surface area contributed by atoms with Gasteiger partial charge in [-0.1, -0.05) is 24.3 Å². The van der Waals surface area contributed by atoms with Crippen molar-refractivity contribution < 1.29 is 4.68 Å². The predicted octanol–water partition coefficient (Wildman–Crippen LogP) is 0.732. The predicted molar refractivity (Wildman–Crippen MR) is 53.4 cm³/mol. The molecule has 0 saturated carbocycles. The average molecular weight is 174 g/mol. The lowest BCUT2D eigenvalue weighted by Gasteiger charge is -2.03. The standard InChI is InChI=1S/C10H11N3/c1-7-9-5-3-2-4-8(9)6-13(12)10(7)11/h2-6,11H,12H2,1H3/p+1. The zero-order valence-corrected chi connectivity index (χ0v) is 7.49. The molecule has 1 heterocycles. The van der Waals surface area contributed by atoms with Crippen LogP contribution in [-0.2, 0) is 0 Å². The summed E-state index contributed by atoms with van der Waals surface area (Å²) < 4.78 is 1.46. The Kier molecular flexibility index (Phi) is 1.59. The number of pyridine rings is 1. The van der Waals surface area contributed by atoms with E-state index in [4.69, 9.17) is 11.6 Å². The van der Waals surface area contributed by atoms with Crippen LogP contribution in [-0.4, -0.2) is 0 Å². The summed E-state index contributed by atoms with van der Waals surface area (Å²) in [4.78, 5) is 0. The number of nitrogens with two attached hydrogens (primary N) is 2. The van der Waals surface area contributed by atoms with E-state index >= 15 is 0 Å². The average Bonchev–Trinajstić information content (AvgIpc) is 2.15. The molecule has 0 radical (unpaired) electrons. The maximum Gasteiger partial charge on any atom is 0.299 e. The van der Waals surface area contributed by atoms with Gasteiger partial charge in [-0.3, -0.25) is 11.6 Å². The smallest absolute Gasteiger partial charge is 0.285 e. The molecule has 1 aromatic heterocycles. The number of rotatable bonds is 0. The van der Waals surface area contributed by atoms with Gasteiger partial charge in [-0.2, -0.15) is 0 Å². The third-order valence-corrected chi connectivity index (χ3v) is 2.31. The molecule has 0 saturated heterocycles. The van der Waals surface area contributed by atoms with E-state index in [9.17, 15) is 0 Å². The summed E-state index contributed by atoms with van der Waals surface area (Å²) in [6.45, 7) is 1.97. The first kappa shape index (κ1) is 7.86. The lowest BCUT2D eigenvalue weighted by atomic mass is 10.1. The molecule has 0 atom stereocenters. The van der Waals surface area contributed by atoms with Crippen LogP contribution in [0.25, 0.3) is 10.8 Å². The van der Waals surface area contributed by atoms with Crippen molar-refractivity contribution in [3.63, 3.8) is 0 Å². The van der Waals surface area contributed by atoms with Crippen LogP contribution in [0.1, 0.15) is 5.56 Å². The molecule has 0 unspecified atom stereocenters. The third kappa shape index (κ3) is 1.09. The molecule has 4 N–H and O–H groups in total. The summed E-state index contributed by atoms with van der Waals surface area (Å²) in [5.41, 5.74) is 6.81. The summed E-state index contributed by atoms with van der Waals surface area (Å²) >= 11 is 0. The van der Waals surface area contributed by atoms with Gasteiger partial charge in [0.2, 0.25) is 0 Å². The lowest BCUT2D eigenvalue weighted by molar-refractivity contribution is -0.622. The van der Waals surface area contributed by atoms with Crippen molar-refractivity contribution in [3.8, 4) is 0 Å². The van der Waals surface area contributed by atoms with Crippen LogP contribution in [0.15, 0.2) is 30.5 Å². The highest BCUT2D eigenvalue weighted by molar-refractivity contribution is 5.86. The van der Waals surface area contributed by atoms with Crippen LogP contribution < -0.4 is 16.3 Å². The fourth-order valence-corrected chi connectivity index (χ4v) is 1.50. The van der Waals surface area contributed by atoms with Crippen molar-refractivity contribution in [1.29, 1.82) is 0 Å². The van der Waals surface area contributed by atoms with E-state index in [2.05, 4.69) is 0 Å². The van der Waals surface area contributed by atoms with E-state index in [1.807, 2.05) is 37.4 Å². The first-order chi connectivity index (χ1) is 6.20. The van der Waals surface area contributed by atoms with Crippen molar-refractivity contribution in [2.24, 2.45) is 0 Å². The van der Waals surface area contributed by atoms with Crippen LogP contribution in [0.3, 0.4) is 0 Å². The lowest BCUT2D eigenvalue weighted by Crippen LogP contribution is -2.47. The maximum atomic E-state index is 5.79. The van der Waals surface area contributed by atoms with Crippen LogP contribution in [0.5, 0.6) is 0 Å². The van der Waals surface area contributed by atoms with Gasteiger partial charge < -0.3 is 0 Å². The van der Waals surface area contributed by atoms with Gasteiger partial charge in [0.25, 0.3) is 5.82 Å². The Bertz CT molecular complexity index is 463. The minimum Gasteiger partial charge on any atom is -0.285 e. The van der Waals surface area contributed by atoms with Crippen molar-refractivity contribution >= 4 is 16.6 Å². The molecule has 3 heteroatoms. The molecule has 1 aromatic carbocycles. The number of nitrogen functional groups attached to an aromatic ring is 2. The fraction of sp³-hybridized carbons (Fsp3) is 0.100. The zero-order valence-electron chi connectivity index (χ0n) is 7.49. The minimum absolute atomic E-state index is 0.610. The van der Waals surface area contributed by atoms with E-state index in [-0.39, 0.29) is 0 Å². The number of aryl methyl sites for hydroxylation is 1. The SMILES string of the molecule is Cc1c(N)[n+](N)cc2ccccc12. The number of benzene rings is 1. The van der Waals surface area contributed by atoms with E-state index in [0.29, 0.717) is 5.82 Å². The molecule has 0 aliphatic rings. The van der Waals surface area contributed by atoms with Gasteiger partial charge in [0.15, 0.2) is 0 Å². The molecule has 13 heavy (non-hydrogen) atoms. The number of hydrogen-bond acceptors (Lipinski definition) is 2. The summed E-state index contributed by atoms with van der Waals surface area (Å²) in [6, 6.07) is 8.04. The van der Waals surface area contributed by atoms with Gasteiger partial charge in [0.1, 0.15) is 6.20 Å². The molecule has 0 spiro atoms. The second-order valence-electron chi connectivity index (χ2n) is 3.13. The first-order valence-electron chi connectivity index (χ1n) is 4.14. The summed E-state index contributed by atoms with van der Waals surface area (Å²) in [5.74, 6) is 6.29. The normalized spacial score (nSPS) is 10.5. The monoisotopic (exact) mass is 174 g/mol. The molecular weight excluding hydrogens is 162 g/mol. The second kappa shape index (κ2) is 2.62. The van der Waals surface area contributed by atoms with Gasteiger partial charge >= 0.3 is 0 Å². The van der Waals surface area contributed by atoms with Gasteiger partial charge in [-0.25, -0.2) is 0 Å². The van der Waals surface area contributed by atoms with Gasteiger partial charge in [-0.05, 0) is 12.3 Å². The topological polar surface area (TPSA) is 55.9 Å². The maximum absolute atomic E-state index is 5.79. The van der Waals surface area contributed by atoms with Gasteiger partial charge in [-0.15, -0.1) is 4.68 Å². The zero-order chi connectivity index (χ0) is 9.42. The van der Waals surface area contributed by atoms with Crippen LogP contribution in [0.4, 0.5) is 5.82 Å². The molecule has 0 fully saturated rings. The third-order valence-electron chi connectivity index (χ3n) is 2.31. The number of nitrogens with zero attached hydrogens (tertiary/aromatic N) is 1. The molecule has 0 bridgehead atoms. The van der Waals surface area contributed by atoms with Gasteiger partial charge in [0.05, 0.1) is 0 Å². The van der Waals surface area contributed by atoms with E-state index < -0.39 is 0 Å². The van der Waals surface area contributed by atoms with E-state index in [1.165, 1.54) is 4.68 Å². The molecule has 2 aromatic rings. The Hall–Kier alpha value is -1.77. The quantitative estimate of drug-likeness (QED) is 0.457. The van der Waals surface area contributed by atoms with Crippen molar-refractivity contribution in [2.75, 3.05) is 11.6 Å². The molecule has 66 valence electrons. The number of aromatic nitrogens is 1. The number of fused-ring (bicyclic) bond motifs is 1. The summed E-state index contributed by atoms with van der Waals surface area (Å²) in [7, 11) is 0. The Morgan fingerprint density at radius 2 is 1.92 bits per heavy atom. The van der Waals surface area contributed by atoms with Gasteiger partial charge in [0, 0.05) is 10.9 Å². The second-order valence-corrected chi connectivity index (χ2v) is 3.13. The number of hydrogen-bond donors (Lipinski definition) is 2. The molecule has 0 amide bonds. The van der Waals surface area contributed by atoms with Crippen molar-refractivity contribution in [3.05, 3.63) is 36.0 Å². The van der Waals surface area contributed by atoms with Crippen molar-refractivity contribution in [2.45, 2.75) is 6.92 Å². The van der Waals surface area contributed by atoms with E-state index in [0.717, 1.165) is 16.3 Å². The fourth-order valence-electron chi connectivity index (χ4n) is 1.50. The first-order valence-corrected chi connectivity index (χ1v) is 4.14. The Balaban J connectivity index is 2.94. The largest absolute Gasteiger partial charge is 0.299 e. The molecule has 2 rings (SSSR count). The molecule has 0 aliphatic heterocycles. The van der Waals surface area contributed by atoms with Crippen LogP contribution >= 0.6 is 0 Å². The highest BCUT2D eigenvalue weighted by Crippen LogP contribution is 2.18. The molecule has 0 aliphatic carbocycles. The summed E-state index contributed by atoms with van der Waals surface area (Å²) in [5, 5.41) is 2.26. The van der Waals surface area contributed by atoms with E-state index in [1.54, 1.807) is 0 Å². The Morgan fingerprint density at radius 1 is 1.23 bits per heavy atom. The summed E-state index contributed by atoms with van der Waals surface area (Å²) in [6.07, 6.45) is 1.83. The number of anilines is 1. The minimum atomic E-state index is 0.610. The van der Waals surface area contributed by atoms with Crippen molar-refractivity contribution in [1.82, 2.24) is 0 Å². The molecular formula is C10H12N3+. The van der Waals surface area contributed by atoms with Crippen LogP contribution in [0.2, 0.25) is 0 Å². The Labute approximate surface area is 76.6 Å². The molecule has 3 nitrogen and oxygen atoms in total.